The van der Waals surface area contributed by atoms with E-state index in [-0.39, 0.29) is 18.0 Å². The van der Waals surface area contributed by atoms with Gasteiger partial charge in [0.2, 0.25) is 11.8 Å². The Balaban J connectivity index is 2.11. The maximum Gasteiger partial charge on any atom is 0.329 e. The number of nitrogens with one attached hydrogen (secondary N) is 1. The van der Waals surface area contributed by atoms with Gasteiger partial charge in [0.15, 0.2) is 0 Å². The fourth-order valence-corrected chi connectivity index (χ4v) is 3.36. The monoisotopic (exact) mass is 365 g/mol. The number of imide groups is 1. The molecule has 6 heteroatoms. The number of amides is 2. The largest absolute Gasteiger partial charge is 0.329 e. The van der Waals surface area contributed by atoms with Crippen LogP contribution in [0.15, 0.2) is 53.4 Å². The standard InChI is InChI=1S/C21H23N3O3/c1-5-14(7-6-13(2)3)15-8-9-16-18(12-15)23(4)21(27)24(16)17-10-11-19(25)22-20(17)26/h5-9,12,17H,2,10-11H2,1,3-4H3,(H,22,25,26)/b7-6-,14-5+. The van der Waals surface area contributed by atoms with Gasteiger partial charge in [-0.2, -0.15) is 0 Å². The second-order valence-corrected chi connectivity index (χ2v) is 6.81. The van der Waals surface area contributed by atoms with Crippen LogP contribution in [0, 0.1) is 0 Å². The number of fused-ring (bicyclic) bond motifs is 1. The van der Waals surface area contributed by atoms with Crippen LogP contribution in [0.3, 0.4) is 0 Å². The van der Waals surface area contributed by atoms with E-state index in [1.165, 1.54) is 9.13 Å². The van der Waals surface area contributed by atoms with Crippen LogP contribution in [0.25, 0.3) is 16.6 Å². The van der Waals surface area contributed by atoms with Crippen LogP contribution < -0.4 is 11.0 Å². The van der Waals surface area contributed by atoms with Gasteiger partial charge in [0.25, 0.3) is 0 Å². The molecule has 0 bridgehead atoms. The van der Waals surface area contributed by atoms with Gasteiger partial charge < -0.3 is 0 Å². The SMILES string of the molecule is C=C(C)/C=C\C(=C/C)c1ccc2c(c1)n(C)c(=O)n2C1CCC(=O)NC1=O. The summed E-state index contributed by atoms with van der Waals surface area (Å²) in [5.41, 5.74) is 4.09. The number of aryl methyl sites for hydroxylation is 1. The summed E-state index contributed by atoms with van der Waals surface area (Å²) in [5.74, 6) is -0.725. The zero-order valence-corrected chi connectivity index (χ0v) is 15.8. The minimum absolute atomic E-state index is 0.228. The molecule has 0 saturated carbocycles. The van der Waals surface area contributed by atoms with E-state index in [1.807, 2.05) is 50.3 Å². The molecule has 3 rings (SSSR count). The number of rotatable bonds is 4. The van der Waals surface area contributed by atoms with Gasteiger partial charge >= 0.3 is 5.69 Å². The van der Waals surface area contributed by atoms with Crippen molar-refractivity contribution < 1.29 is 9.59 Å². The molecule has 1 aromatic carbocycles. The summed E-state index contributed by atoms with van der Waals surface area (Å²) < 4.78 is 3.03. The number of hydrogen-bond donors (Lipinski definition) is 1. The highest BCUT2D eigenvalue weighted by Crippen LogP contribution is 2.26. The number of carbonyl (C=O) groups is 2. The molecule has 0 aliphatic carbocycles. The van der Waals surface area contributed by atoms with Crippen molar-refractivity contribution in [3.8, 4) is 0 Å². The second-order valence-electron chi connectivity index (χ2n) is 6.81. The van der Waals surface area contributed by atoms with Crippen LogP contribution in [0.4, 0.5) is 0 Å². The highest BCUT2D eigenvalue weighted by atomic mass is 16.2. The topological polar surface area (TPSA) is 73.1 Å². The van der Waals surface area contributed by atoms with Crippen molar-refractivity contribution in [2.24, 2.45) is 7.05 Å². The van der Waals surface area contributed by atoms with Crippen molar-refractivity contribution in [1.29, 1.82) is 0 Å². The van der Waals surface area contributed by atoms with Gasteiger partial charge in [-0.25, -0.2) is 4.79 Å². The van der Waals surface area contributed by atoms with Crippen molar-refractivity contribution in [3.05, 3.63) is 64.6 Å². The lowest BCUT2D eigenvalue weighted by Crippen LogP contribution is -2.44. The maximum atomic E-state index is 12.8. The average molecular weight is 365 g/mol. The van der Waals surface area contributed by atoms with Crippen molar-refractivity contribution in [2.45, 2.75) is 32.7 Å². The third-order valence-corrected chi connectivity index (χ3v) is 4.80. The van der Waals surface area contributed by atoms with Gasteiger partial charge in [-0.05, 0) is 43.5 Å². The fraction of sp³-hybridized carbons (Fsp3) is 0.286. The molecule has 1 unspecified atom stereocenters. The molecule has 6 nitrogen and oxygen atoms in total. The van der Waals surface area contributed by atoms with E-state index in [2.05, 4.69) is 11.9 Å². The normalized spacial score (nSPS) is 18.3. The van der Waals surface area contributed by atoms with Crippen molar-refractivity contribution >= 4 is 28.4 Å². The van der Waals surface area contributed by atoms with Crippen LogP contribution in [-0.4, -0.2) is 20.9 Å². The van der Waals surface area contributed by atoms with E-state index in [9.17, 15) is 14.4 Å². The quantitative estimate of drug-likeness (QED) is 0.669. The Morgan fingerprint density at radius 1 is 1.22 bits per heavy atom. The minimum Gasteiger partial charge on any atom is -0.295 e. The maximum absolute atomic E-state index is 12.8. The van der Waals surface area contributed by atoms with Gasteiger partial charge in [0.1, 0.15) is 6.04 Å². The van der Waals surface area contributed by atoms with Gasteiger partial charge in [-0.1, -0.05) is 36.4 Å². The lowest BCUT2D eigenvalue weighted by molar-refractivity contribution is -0.135. The molecular formula is C21H23N3O3. The second kappa shape index (κ2) is 7.23. The third-order valence-electron chi connectivity index (χ3n) is 4.80. The van der Waals surface area contributed by atoms with Gasteiger partial charge in [-0.15, -0.1) is 0 Å². The van der Waals surface area contributed by atoms with E-state index >= 15 is 0 Å². The highest BCUT2D eigenvalue weighted by molar-refractivity contribution is 6.00. The lowest BCUT2D eigenvalue weighted by atomic mass is 10.0. The zero-order chi connectivity index (χ0) is 19.7. The summed E-state index contributed by atoms with van der Waals surface area (Å²) in [6, 6.07) is 5.06. The Kier molecular flexibility index (Phi) is 4.99. The van der Waals surface area contributed by atoms with Crippen molar-refractivity contribution in [3.63, 3.8) is 0 Å². The summed E-state index contributed by atoms with van der Waals surface area (Å²) in [5, 5.41) is 2.32. The highest BCUT2D eigenvalue weighted by Gasteiger charge is 2.31. The Morgan fingerprint density at radius 3 is 2.59 bits per heavy atom. The summed E-state index contributed by atoms with van der Waals surface area (Å²) in [7, 11) is 1.69. The van der Waals surface area contributed by atoms with Crippen molar-refractivity contribution in [2.75, 3.05) is 0 Å². The molecular weight excluding hydrogens is 342 g/mol. The molecule has 1 aliphatic rings. The predicted molar refractivity (Wildman–Crippen MR) is 106 cm³/mol. The van der Waals surface area contributed by atoms with E-state index < -0.39 is 11.9 Å². The van der Waals surface area contributed by atoms with Crippen LogP contribution in [0.2, 0.25) is 0 Å². The molecule has 0 spiro atoms. The number of nitrogens with zero attached hydrogens (tertiary/aromatic N) is 2. The first kappa shape index (κ1) is 18.6. The number of aromatic nitrogens is 2. The zero-order valence-electron chi connectivity index (χ0n) is 15.8. The predicted octanol–water partition coefficient (Wildman–Crippen LogP) is 2.85. The van der Waals surface area contributed by atoms with E-state index in [0.717, 1.165) is 22.2 Å². The number of piperidine rings is 1. The van der Waals surface area contributed by atoms with Crippen LogP contribution in [0.5, 0.6) is 0 Å². The summed E-state index contributed by atoms with van der Waals surface area (Å²) >= 11 is 0. The fourth-order valence-electron chi connectivity index (χ4n) is 3.36. The molecule has 1 saturated heterocycles. The Morgan fingerprint density at radius 2 is 1.96 bits per heavy atom. The molecule has 1 aromatic heterocycles. The van der Waals surface area contributed by atoms with Gasteiger partial charge in [0, 0.05) is 13.5 Å². The van der Waals surface area contributed by atoms with Crippen LogP contribution >= 0.6 is 0 Å². The Labute approximate surface area is 157 Å². The Bertz CT molecular complexity index is 1070. The molecule has 0 radical (unpaired) electrons. The smallest absolute Gasteiger partial charge is 0.295 e. The van der Waals surface area contributed by atoms with E-state index in [4.69, 9.17) is 0 Å². The molecule has 2 heterocycles. The molecule has 27 heavy (non-hydrogen) atoms. The first-order valence-electron chi connectivity index (χ1n) is 8.88. The Hall–Kier alpha value is -3.15. The van der Waals surface area contributed by atoms with Crippen LogP contribution in [-0.2, 0) is 16.6 Å². The molecule has 2 amide bonds. The molecule has 2 aromatic rings. The first-order valence-corrected chi connectivity index (χ1v) is 8.88. The lowest BCUT2D eigenvalue weighted by Gasteiger charge is -2.21. The van der Waals surface area contributed by atoms with Gasteiger partial charge in [0.05, 0.1) is 11.0 Å². The molecule has 140 valence electrons. The number of carbonyl (C=O) groups excluding carboxylic acids is 2. The number of hydrogen-bond acceptors (Lipinski definition) is 3. The average Bonchev–Trinajstić information content (AvgIpc) is 2.87. The molecule has 1 fully saturated rings. The first-order chi connectivity index (χ1) is 12.8. The van der Waals surface area contributed by atoms with E-state index in [1.54, 1.807) is 7.05 Å². The summed E-state index contributed by atoms with van der Waals surface area (Å²) in [6.45, 7) is 7.76. The molecule has 1 aliphatic heterocycles. The van der Waals surface area contributed by atoms with Crippen LogP contribution in [0.1, 0.15) is 38.3 Å². The molecule has 1 N–H and O–H groups in total. The molecule has 1 atom stereocenters. The third kappa shape index (κ3) is 3.43. The van der Waals surface area contributed by atoms with Crippen molar-refractivity contribution in [1.82, 2.24) is 14.5 Å². The van der Waals surface area contributed by atoms with E-state index in [0.29, 0.717) is 11.9 Å². The summed E-state index contributed by atoms with van der Waals surface area (Å²) in [6.07, 6.45) is 6.47. The minimum atomic E-state index is -0.672. The number of imidazole rings is 1. The summed E-state index contributed by atoms with van der Waals surface area (Å²) in [4.78, 5) is 36.5. The number of allylic oxidation sites excluding steroid dienone is 5. The van der Waals surface area contributed by atoms with Gasteiger partial charge in [-0.3, -0.25) is 24.0 Å². The number of benzene rings is 1.